The van der Waals surface area contributed by atoms with Crippen molar-refractivity contribution in [3.05, 3.63) is 101 Å². The molecular weight excluding hydrogens is 531 g/mol. The summed E-state index contributed by atoms with van der Waals surface area (Å²) in [5.74, 6) is 0.907. The Morgan fingerprint density at radius 1 is 1.02 bits per heavy atom. The lowest BCUT2D eigenvalue weighted by molar-refractivity contribution is -0.274. The van der Waals surface area contributed by atoms with Crippen molar-refractivity contribution in [2.45, 2.75) is 39.5 Å². The highest BCUT2D eigenvalue weighted by atomic mass is 32.1. The number of fused-ring (bicyclic) bond motifs is 3. The Morgan fingerprint density at radius 3 is 2.50 bits per heavy atom. The summed E-state index contributed by atoms with van der Waals surface area (Å²) in [6.07, 6.45) is -2.15. The van der Waals surface area contributed by atoms with Crippen molar-refractivity contribution in [1.82, 2.24) is 9.55 Å². The van der Waals surface area contributed by atoms with E-state index in [0.29, 0.717) is 18.2 Å². The van der Waals surface area contributed by atoms with Crippen LogP contribution in [0.25, 0.3) is 27.5 Å². The number of hydrogen-bond donors (Lipinski definition) is 0. The highest BCUT2D eigenvalue weighted by Crippen LogP contribution is 2.30. The van der Waals surface area contributed by atoms with Gasteiger partial charge in [0.2, 0.25) is 0 Å². The quantitative estimate of drug-likeness (QED) is 0.141. The van der Waals surface area contributed by atoms with Gasteiger partial charge >= 0.3 is 6.36 Å². The topological polar surface area (TPSA) is 39.4 Å². The molecule has 4 nitrogen and oxygen atoms in total. The van der Waals surface area contributed by atoms with Crippen LogP contribution < -0.4 is 4.74 Å². The third kappa shape index (κ3) is 6.07. The van der Waals surface area contributed by atoms with E-state index in [0.717, 1.165) is 44.5 Å². The van der Waals surface area contributed by atoms with Gasteiger partial charge in [-0.2, -0.15) is 0 Å². The Hall–Kier alpha value is -4.04. The number of imidazole rings is 1. The molecule has 0 aliphatic rings. The van der Waals surface area contributed by atoms with E-state index >= 15 is 0 Å². The molecule has 0 amide bonds. The number of aliphatic imine (C=N–C) groups is 1. The van der Waals surface area contributed by atoms with Gasteiger partial charge in [0.25, 0.3) is 0 Å². The van der Waals surface area contributed by atoms with Crippen molar-refractivity contribution >= 4 is 45.1 Å². The Balaban J connectivity index is 1.34. The molecule has 0 N–H and O–H groups in total. The molecule has 5 aromatic rings. The first kappa shape index (κ1) is 27.5. The first-order chi connectivity index (χ1) is 19.1. The number of hydrogen-bond acceptors (Lipinski definition) is 4. The summed E-state index contributed by atoms with van der Waals surface area (Å²) < 4.78 is 43.5. The maximum Gasteiger partial charge on any atom is 0.573 e. The van der Waals surface area contributed by atoms with E-state index in [9.17, 15) is 13.2 Å². The van der Waals surface area contributed by atoms with Gasteiger partial charge < -0.3 is 4.74 Å². The summed E-state index contributed by atoms with van der Waals surface area (Å²) in [5.41, 5.74) is 5.92. The Morgan fingerprint density at radius 2 is 1.77 bits per heavy atom. The van der Waals surface area contributed by atoms with Crippen molar-refractivity contribution in [1.29, 1.82) is 0 Å². The first-order valence-corrected chi connectivity index (χ1v) is 13.4. The number of ether oxygens (including phenoxy) is 1. The second-order valence-electron chi connectivity index (χ2n) is 9.99. The fraction of sp³-hybridized carbons (Fsp3) is 0.219. The van der Waals surface area contributed by atoms with Crippen LogP contribution >= 0.6 is 12.2 Å². The molecule has 0 spiro atoms. The molecule has 0 unspecified atom stereocenters. The summed E-state index contributed by atoms with van der Waals surface area (Å²) in [4.78, 5) is 10.3. The summed E-state index contributed by atoms with van der Waals surface area (Å²) in [7, 11) is 0. The van der Waals surface area contributed by atoms with E-state index in [-0.39, 0.29) is 5.75 Å². The highest BCUT2D eigenvalue weighted by Gasteiger charge is 2.31. The van der Waals surface area contributed by atoms with Gasteiger partial charge in [0.15, 0.2) is 0 Å². The normalized spacial score (nSPS) is 12.2. The molecule has 4 aromatic carbocycles. The van der Waals surface area contributed by atoms with Crippen LogP contribution in [0.15, 0.2) is 83.9 Å². The number of thiocarbonyl (C=S) groups is 1. The molecule has 0 aliphatic heterocycles. The summed E-state index contributed by atoms with van der Waals surface area (Å²) in [6, 6.07) is 24.3. The van der Waals surface area contributed by atoms with Crippen LogP contribution in [-0.2, 0) is 6.42 Å². The molecule has 0 saturated carbocycles. The molecule has 204 valence electrons. The zero-order valence-electron chi connectivity index (χ0n) is 22.4. The van der Waals surface area contributed by atoms with Gasteiger partial charge in [-0.1, -0.05) is 68.5 Å². The number of aromatic nitrogens is 2. The lowest BCUT2D eigenvalue weighted by Crippen LogP contribution is -2.17. The van der Waals surface area contributed by atoms with Gasteiger partial charge in [-0.25, -0.2) is 4.98 Å². The third-order valence-electron chi connectivity index (χ3n) is 6.73. The minimum absolute atomic E-state index is 0.265. The predicted molar refractivity (Wildman–Crippen MR) is 159 cm³/mol. The zero-order chi connectivity index (χ0) is 28.4. The average Bonchev–Trinajstić information content (AvgIpc) is 3.24. The van der Waals surface area contributed by atoms with E-state index in [1.54, 1.807) is 12.1 Å². The molecule has 5 rings (SSSR count). The minimum atomic E-state index is -4.73. The Bertz CT molecular complexity index is 1720. The van der Waals surface area contributed by atoms with Crippen molar-refractivity contribution in [3.63, 3.8) is 0 Å². The van der Waals surface area contributed by atoms with Gasteiger partial charge in [0, 0.05) is 28.6 Å². The van der Waals surface area contributed by atoms with Crippen LogP contribution in [0.2, 0.25) is 0 Å². The smallest absolute Gasteiger partial charge is 0.406 e. The standard InChI is InChI=1S/C32H28F3N3OS/c1-20(2)28-7-5-4-6-23(28)17-27(40)19-36-18-22-8-14-29-24(16-22)9-15-30-31(29)37-21(3)38(30)25-10-12-26(13-11-25)39-32(33,34)35/h4-16,18,20H,17,19H2,1-3H3. The molecule has 1 heterocycles. The van der Waals surface area contributed by atoms with Crippen LogP contribution in [0.4, 0.5) is 13.2 Å². The van der Waals surface area contributed by atoms with E-state index in [1.165, 1.54) is 23.3 Å². The Labute approximate surface area is 236 Å². The highest BCUT2D eigenvalue weighted by molar-refractivity contribution is 7.80. The molecule has 8 heteroatoms. The molecule has 0 radical (unpaired) electrons. The van der Waals surface area contributed by atoms with Crippen molar-refractivity contribution in [2.75, 3.05) is 6.54 Å². The maximum atomic E-state index is 12.5. The van der Waals surface area contributed by atoms with Gasteiger partial charge in [-0.15, -0.1) is 13.2 Å². The number of rotatable bonds is 8. The lowest BCUT2D eigenvalue weighted by Gasteiger charge is -2.12. The second kappa shape index (κ2) is 11.2. The van der Waals surface area contributed by atoms with Crippen molar-refractivity contribution < 1.29 is 17.9 Å². The molecule has 0 saturated heterocycles. The number of aryl methyl sites for hydroxylation is 1. The molecule has 0 fully saturated rings. The fourth-order valence-electron chi connectivity index (χ4n) is 4.99. The van der Waals surface area contributed by atoms with E-state index in [4.69, 9.17) is 17.2 Å². The monoisotopic (exact) mass is 559 g/mol. The van der Waals surface area contributed by atoms with Crippen LogP contribution in [0.5, 0.6) is 5.75 Å². The van der Waals surface area contributed by atoms with Gasteiger partial charge in [-0.3, -0.25) is 9.56 Å². The van der Waals surface area contributed by atoms with Crippen LogP contribution in [0, 0.1) is 6.92 Å². The number of benzene rings is 4. The number of nitrogens with zero attached hydrogens (tertiary/aromatic N) is 3. The van der Waals surface area contributed by atoms with Crippen molar-refractivity contribution in [3.8, 4) is 11.4 Å². The second-order valence-corrected chi connectivity index (χ2v) is 10.6. The average molecular weight is 560 g/mol. The predicted octanol–water partition coefficient (Wildman–Crippen LogP) is 8.54. The van der Waals surface area contributed by atoms with Gasteiger partial charge in [0.05, 0.1) is 17.6 Å². The summed E-state index contributed by atoms with van der Waals surface area (Å²) in [5, 5.41) is 2.00. The van der Waals surface area contributed by atoms with Crippen LogP contribution in [0.3, 0.4) is 0 Å². The SMILES string of the molecule is Cc1nc2c3ccc(C=NCC(=S)Cc4ccccc4C(C)C)cc3ccc2n1-c1ccc(OC(F)(F)F)cc1. The largest absolute Gasteiger partial charge is 0.573 e. The Kier molecular flexibility index (Phi) is 7.72. The fourth-order valence-corrected chi connectivity index (χ4v) is 5.22. The summed E-state index contributed by atoms with van der Waals surface area (Å²) in [6.45, 7) is 6.73. The maximum absolute atomic E-state index is 12.5. The summed E-state index contributed by atoms with van der Waals surface area (Å²) >= 11 is 5.63. The lowest BCUT2D eigenvalue weighted by atomic mass is 9.94. The molecule has 0 bridgehead atoms. The molecular formula is C32H28F3N3OS. The molecule has 1 aromatic heterocycles. The zero-order valence-corrected chi connectivity index (χ0v) is 23.2. The number of halogens is 3. The molecule has 0 atom stereocenters. The number of alkyl halides is 3. The van der Waals surface area contributed by atoms with Gasteiger partial charge in [-0.05, 0) is 71.3 Å². The van der Waals surface area contributed by atoms with Crippen molar-refractivity contribution in [2.24, 2.45) is 4.99 Å². The first-order valence-electron chi connectivity index (χ1n) is 13.0. The van der Waals surface area contributed by atoms with Gasteiger partial charge in [0.1, 0.15) is 11.6 Å². The van der Waals surface area contributed by atoms with Crippen LogP contribution in [-0.4, -0.2) is 33.5 Å². The minimum Gasteiger partial charge on any atom is -0.406 e. The van der Waals surface area contributed by atoms with E-state index in [2.05, 4.69) is 47.8 Å². The van der Waals surface area contributed by atoms with E-state index in [1.807, 2.05) is 48.0 Å². The third-order valence-corrected chi connectivity index (χ3v) is 7.01. The molecule has 40 heavy (non-hydrogen) atoms. The van der Waals surface area contributed by atoms with Crippen LogP contribution in [0.1, 0.15) is 42.3 Å². The van der Waals surface area contributed by atoms with E-state index < -0.39 is 6.36 Å². The molecule has 0 aliphatic carbocycles.